The Bertz CT molecular complexity index is 827. The van der Waals surface area contributed by atoms with Gasteiger partial charge in [-0.1, -0.05) is 31.0 Å². The van der Waals surface area contributed by atoms with Crippen LogP contribution in [0.2, 0.25) is 0 Å². The molecule has 116 valence electrons. The maximum absolute atomic E-state index is 15.2. The lowest BCUT2D eigenvalue weighted by molar-refractivity contribution is 0.571. The van der Waals surface area contributed by atoms with E-state index in [4.69, 9.17) is 0 Å². The molecule has 0 unspecified atom stereocenters. The summed E-state index contributed by atoms with van der Waals surface area (Å²) < 4.78 is 15.2. The van der Waals surface area contributed by atoms with Crippen LogP contribution < -0.4 is 5.32 Å². The fourth-order valence-electron chi connectivity index (χ4n) is 3.38. The molecule has 0 bridgehead atoms. The highest BCUT2D eigenvalue weighted by molar-refractivity contribution is 5.93. The van der Waals surface area contributed by atoms with Gasteiger partial charge in [-0.05, 0) is 31.0 Å². The third kappa shape index (κ3) is 2.65. The van der Waals surface area contributed by atoms with Gasteiger partial charge in [0.2, 0.25) is 0 Å². The second-order valence-corrected chi connectivity index (χ2v) is 6.05. The molecule has 0 amide bonds. The second kappa shape index (κ2) is 5.95. The number of nitrogens with zero attached hydrogens (tertiary/aromatic N) is 2. The van der Waals surface area contributed by atoms with Crippen molar-refractivity contribution in [1.29, 1.82) is 0 Å². The van der Waals surface area contributed by atoms with Gasteiger partial charge in [0.05, 0.1) is 16.9 Å². The first-order chi connectivity index (χ1) is 11.3. The summed E-state index contributed by atoms with van der Waals surface area (Å²) in [6.45, 7) is 0. The molecule has 2 heterocycles. The normalized spacial score (nSPS) is 15.2. The van der Waals surface area contributed by atoms with Gasteiger partial charge in [-0.15, -0.1) is 0 Å². The Morgan fingerprint density at radius 3 is 2.52 bits per heavy atom. The van der Waals surface area contributed by atoms with Crippen LogP contribution in [0.4, 0.5) is 15.8 Å². The Labute approximate surface area is 134 Å². The van der Waals surface area contributed by atoms with Crippen LogP contribution in [-0.2, 0) is 0 Å². The van der Waals surface area contributed by atoms with Crippen LogP contribution in [0.25, 0.3) is 10.9 Å². The standard InChI is InChI=1S/C19H18FN3/c20-17-18(13-5-1-2-6-13)23-16-8-4-3-7-15(16)19(17)22-14-9-11-21-12-10-14/h3-4,7-13H,1-2,5-6H2,(H,21,22,23). The van der Waals surface area contributed by atoms with Gasteiger partial charge in [0.15, 0.2) is 5.82 Å². The van der Waals surface area contributed by atoms with E-state index in [2.05, 4.69) is 15.3 Å². The van der Waals surface area contributed by atoms with Crippen molar-refractivity contribution in [3.05, 3.63) is 60.3 Å². The number of nitrogens with one attached hydrogen (secondary N) is 1. The van der Waals surface area contributed by atoms with Gasteiger partial charge < -0.3 is 5.32 Å². The number of fused-ring (bicyclic) bond motifs is 1. The van der Waals surface area contributed by atoms with Crippen molar-refractivity contribution in [3.63, 3.8) is 0 Å². The molecule has 2 aromatic heterocycles. The summed E-state index contributed by atoms with van der Waals surface area (Å²) in [5, 5.41) is 4.03. The molecule has 3 nitrogen and oxygen atoms in total. The number of aromatic nitrogens is 2. The third-order valence-corrected chi connectivity index (χ3v) is 4.55. The van der Waals surface area contributed by atoms with Gasteiger partial charge in [-0.25, -0.2) is 9.37 Å². The topological polar surface area (TPSA) is 37.8 Å². The molecule has 3 aromatic rings. The van der Waals surface area contributed by atoms with Crippen molar-refractivity contribution in [3.8, 4) is 0 Å². The number of anilines is 2. The quantitative estimate of drug-likeness (QED) is 0.725. The third-order valence-electron chi connectivity index (χ3n) is 4.55. The molecule has 0 spiro atoms. The smallest absolute Gasteiger partial charge is 0.169 e. The molecule has 0 saturated heterocycles. The average molecular weight is 307 g/mol. The summed E-state index contributed by atoms with van der Waals surface area (Å²) in [5.41, 5.74) is 2.79. The zero-order valence-electron chi connectivity index (χ0n) is 12.8. The van der Waals surface area contributed by atoms with E-state index in [1.807, 2.05) is 36.4 Å². The first-order valence-corrected chi connectivity index (χ1v) is 8.08. The van der Waals surface area contributed by atoms with Crippen molar-refractivity contribution in [2.45, 2.75) is 31.6 Å². The van der Waals surface area contributed by atoms with Crippen LogP contribution in [0, 0.1) is 5.82 Å². The first kappa shape index (κ1) is 14.1. The molecular formula is C19H18FN3. The average Bonchev–Trinajstić information content (AvgIpc) is 3.12. The Hall–Kier alpha value is -2.49. The van der Waals surface area contributed by atoms with Crippen molar-refractivity contribution in [2.75, 3.05) is 5.32 Å². The number of rotatable bonds is 3. The number of benzene rings is 1. The van der Waals surface area contributed by atoms with Crippen LogP contribution in [-0.4, -0.2) is 9.97 Å². The van der Waals surface area contributed by atoms with E-state index in [1.165, 1.54) is 0 Å². The minimum absolute atomic E-state index is 0.215. The fourth-order valence-corrected chi connectivity index (χ4v) is 3.38. The molecule has 4 heteroatoms. The molecule has 1 saturated carbocycles. The van der Waals surface area contributed by atoms with Gasteiger partial charge in [0.1, 0.15) is 0 Å². The molecule has 0 radical (unpaired) electrons. The Morgan fingerprint density at radius 1 is 1.00 bits per heavy atom. The van der Waals surface area contributed by atoms with E-state index in [0.29, 0.717) is 11.4 Å². The summed E-state index contributed by atoms with van der Waals surface area (Å²) in [6, 6.07) is 11.4. The van der Waals surface area contributed by atoms with Crippen LogP contribution in [0.5, 0.6) is 0 Å². The summed E-state index contributed by atoms with van der Waals surface area (Å²) in [7, 11) is 0. The van der Waals surface area contributed by atoms with Crippen LogP contribution in [0.15, 0.2) is 48.8 Å². The van der Waals surface area contributed by atoms with E-state index in [-0.39, 0.29) is 11.7 Å². The molecule has 23 heavy (non-hydrogen) atoms. The maximum atomic E-state index is 15.2. The fraction of sp³-hybridized carbons (Fsp3) is 0.263. The molecule has 1 aliphatic rings. The molecule has 1 aromatic carbocycles. The van der Waals surface area contributed by atoms with Gasteiger partial charge in [0, 0.05) is 29.4 Å². The number of halogens is 1. The monoisotopic (exact) mass is 307 g/mol. The van der Waals surface area contributed by atoms with Crippen LogP contribution in [0.3, 0.4) is 0 Å². The number of para-hydroxylation sites is 1. The van der Waals surface area contributed by atoms with Gasteiger partial charge in [-0.3, -0.25) is 4.98 Å². The summed E-state index contributed by atoms with van der Waals surface area (Å²) in [4.78, 5) is 8.64. The van der Waals surface area contributed by atoms with Gasteiger partial charge in [-0.2, -0.15) is 0 Å². The number of pyridine rings is 2. The van der Waals surface area contributed by atoms with Crippen LogP contribution in [0.1, 0.15) is 37.3 Å². The van der Waals surface area contributed by atoms with Crippen molar-refractivity contribution < 1.29 is 4.39 Å². The molecule has 1 N–H and O–H groups in total. The second-order valence-electron chi connectivity index (χ2n) is 6.05. The molecular weight excluding hydrogens is 289 g/mol. The van der Waals surface area contributed by atoms with Gasteiger partial charge >= 0.3 is 0 Å². The highest BCUT2D eigenvalue weighted by Gasteiger charge is 2.25. The Kier molecular flexibility index (Phi) is 3.66. The maximum Gasteiger partial charge on any atom is 0.169 e. The van der Waals surface area contributed by atoms with E-state index >= 15 is 4.39 Å². The summed E-state index contributed by atoms with van der Waals surface area (Å²) in [5.74, 6) is 0.0185. The predicted molar refractivity (Wildman–Crippen MR) is 90.4 cm³/mol. The highest BCUT2D eigenvalue weighted by atomic mass is 19.1. The summed E-state index contributed by atoms with van der Waals surface area (Å²) in [6.07, 6.45) is 7.76. The number of hydrogen-bond acceptors (Lipinski definition) is 3. The summed E-state index contributed by atoms with van der Waals surface area (Å²) >= 11 is 0. The van der Waals surface area contributed by atoms with Crippen LogP contribution >= 0.6 is 0 Å². The van der Waals surface area contributed by atoms with Gasteiger partial charge in [0.25, 0.3) is 0 Å². The minimum atomic E-state index is -0.215. The zero-order valence-corrected chi connectivity index (χ0v) is 12.8. The Morgan fingerprint density at radius 2 is 1.74 bits per heavy atom. The van der Waals surface area contributed by atoms with E-state index in [0.717, 1.165) is 42.3 Å². The van der Waals surface area contributed by atoms with E-state index < -0.39 is 0 Å². The highest BCUT2D eigenvalue weighted by Crippen LogP contribution is 2.39. The molecule has 4 rings (SSSR count). The first-order valence-electron chi connectivity index (χ1n) is 8.08. The molecule has 0 aliphatic heterocycles. The molecule has 1 aliphatic carbocycles. The van der Waals surface area contributed by atoms with Crippen molar-refractivity contribution >= 4 is 22.3 Å². The predicted octanol–water partition coefficient (Wildman–Crippen LogP) is 5.17. The number of hydrogen-bond donors (Lipinski definition) is 1. The van der Waals surface area contributed by atoms with Crippen molar-refractivity contribution in [1.82, 2.24) is 9.97 Å². The largest absolute Gasteiger partial charge is 0.352 e. The van der Waals surface area contributed by atoms with Crippen molar-refractivity contribution in [2.24, 2.45) is 0 Å². The lowest BCUT2D eigenvalue weighted by Crippen LogP contribution is -2.06. The minimum Gasteiger partial charge on any atom is -0.352 e. The van der Waals surface area contributed by atoms with E-state index in [9.17, 15) is 0 Å². The Balaban J connectivity index is 1.87. The van der Waals surface area contributed by atoms with E-state index in [1.54, 1.807) is 12.4 Å². The molecule has 0 atom stereocenters. The lowest BCUT2D eigenvalue weighted by atomic mass is 10.0. The SMILES string of the molecule is Fc1c(C2CCCC2)nc2ccccc2c1Nc1ccncc1. The zero-order chi connectivity index (χ0) is 15.6. The molecule has 1 fully saturated rings. The lowest BCUT2D eigenvalue weighted by Gasteiger charge is -2.16.